The second kappa shape index (κ2) is 9.58. The number of carbonyl (C=O) groups excluding carboxylic acids is 1. The van der Waals surface area contributed by atoms with Crippen molar-refractivity contribution in [1.82, 2.24) is 19.7 Å². The van der Waals surface area contributed by atoms with Gasteiger partial charge in [0.15, 0.2) is 0 Å². The van der Waals surface area contributed by atoms with E-state index in [1.807, 2.05) is 19.1 Å². The molecular weight excluding hydrogens is 532 g/mol. The maximum Gasteiger partial charge on any atom is 0.265 e. The van der Waals surface area contributed by atoms with Gasteiger partial charge in [0.2, 0.25) is 5.95 Å². The Morgan fingerprint density at radius 2 is 1.59 bits per heavy atom. The van der Waals surface area contributed by atoms with Crippen molar-refractivity contribution in [3.63, 3.8) is 0 Å². The fourth-order valence-electron chi connectivity index (χ4n) is 3.78. The molecule has 37 heavy (non-hydrogen) atoms. The molecule has 0 bridgehead atoms. The van der Waals surface area contributed by atoms with Crippen LogP contribution in [0, 0.1) is 20.8 Å². The molecule has 0 unspecified atom stereocenters. The third-order valence-electron chi connectivity index (χ3n) is 5.47. The quantitative estimate of drug-likeness (QED) is 0.287. The second-order valence-electron chi connectivity index (χ2n) is 8.36. The van der Waals surface area contributed by atoms with Gasteiger partial charge in [0.25, 0.3) is 15.9 Å². The number of halogens is 1. The monoisotopic (exact) mass is 552 g/mol. The van der Waals surface area contributed by atoms with Gasteiger partial charge in [-0.3, -0.25) is 4.79 Å². The summed E-state index contributed by atoms with van der Waals surface area (Å²) in [5, 5.41) is 8.92. The highest BCUT2D eigenvalue weighted by atomic mass is 35.5. The number of benzene rings is 2. The molecule has 5 aromatic rings. The first kappa shape index (κ1) is 24.9. The number of aromatic nitrogens is 4. The minimum Gasteiger partial charge on any atom is -0.321 e. The van der Waals surface area contributed by atoms with E-state index in [0.29, 0.717) is 27.0 Å². The number of hydrogen-bond donors (Lipinski definition) is 2. The second-order valence-corrected chi connectivity index (χ2v) is 11.5. The van der Waals surface area contributed by atoms with Crippen molar-refractivity contribution in [3.05, 3.63) is 87.6 Å². The van der Waals surface area contributed by atoms with Gasteiger partial charge in [-0.25, -0.2) is 27.8 Å². The molecule has 3 aromatic heterocycles. The number of nitrogens with zero attached hydrogens (tertiary/aromatic N) is 4. The van der Waals surface area contributed by atoms with Crippen molar-refractivity contribution >= 4 is 60.7 Å². The van der Waals surface area contributed by atoms with Crippen molar-refractivity contribution in [2.24, 2.45) is 0 Å². The van der Waals surface area contributed by atoms with Gasteiger partial charge in [0.1, 0.15) is 4.83 Å². The van der Waals surface area contributed by atoms with Crippen LogP contribution in [0.1, 0.15) is 26.8 Å². The van der Waals surface area contributed by atoms with Gasteiger partial charge in [-0.05, 0) is 81.4 Å². The van der Waals surface area contributed by atoms with Crippen molar-refractivity contribution in [1.29, 1.82) is 0 Å². The molecule has 0 fully saturated rings. The Morgan fingerprint density at radius 1 is 0.946 bits per heavy atom. The summed E-state index contributed by atoms with van der Waals surface area (Å²) in [4.78, 5) is 22.6. The molecule has 5 rings (SSSR count). The Labute approximate surface area is 222 Å². The van der Waals surface area contributed by atoms with E-state index < -0.39 is 10.0 Å². The zero-order valence-electron chi connectivity index (χ0n) is 20.0. The van der Waals surface area contributed by atoms with Crippen LogP contribution in [0.4, 0.5) is 11.6 Å². The molecule has 3 heterocycles. The number of thiophene rings is 1. The molecule has 188 valence electrons. The molecule has 2 aromatic carbocycles. The summed E-state index contributed by atoms with van der Waals surface area (Å²) < 4.78 is 29.7. The van der Waals surface area contributed by atoms with Crippen molar-refractivity contribution in [2.75, 3.05) is 10.0 Å². The number of aryl methyl sites for hydroxylation is 3. The van der Waals surface area contributed by atoms with Crippen LogP contribution in [-0.4, -0.2) is 34.1 Å². The molecule has 0 atom stereocenters. The zero-order valence-corrected chi connectivity index (χ0v) is 22.4. The van der Waals surface area contributed by atoms with Gasteiger partial charge >= 0.3 is 0 Å². The Bertz CT molecular complexity index is 1720. The first-order valence-electron chi connectivity index (χ1n) is 11.1. The highest BCUT2D eigenvalue weighted by Gasteiger charge is 2.19. The van der Waals surface area contributed by atoms with Crippen molar-refractivity contribution in [3.8, 4) is 5.69 Å². The lowest BCUT2D eigenvalue weighted by Gasteiger charge is -2.09. The first-order chi connectivity index (χ1) is 17.6. The van der Waals surface area contributed by atoms with Gasteiger partial charge in [-0.15, -0.1) is 11.3 Å². The van der Waals surface area contributed by atoms with E-state index in [9.17, 15) is 13.2 Å². The number of nitrogens with one attached hydrogen (secondary N) is 2. The van der Waals surface area contributed by atoms with Crippen molar-refractivity contribution in [2.45, 2.75) is 25.7 Å². The molecule has 1 amide bonds. The minimum atomic E-state index is -3.90. The van der Waals surface area contributed by atoms with Gasteiger partial charge in [-0.2, -0.15) is 5.10 Å². The lowest BCUT2D eigenvalue weighted by Crippen LogP contribution is -2.16. The van der Waals surface area contributed by atoms with E-state index in [1.54, 1.807) is 42.8 Å². The lowest BCUT2D eigenvalue weighted by molar-refractivity contribution is 0.103. The highest BCUT2D eigenvalue weighted by molar-refractivity contribution is 7.92. The van der Waals surface area contributed by atoms with Crippen LogP contribution in [-0.2, 0) is 10.0 Å². The summed E-state index contributed by atoms with van der Waals surface area (Å²) in [6, 6.07) is 16.7. The van der Waals surface area contributed by atoms with Crippen molar-refractivity contribution < 1.29 is 13.2 Å². The molecule has 0 saturated carbocycles. The summed E-state index contributed by atoms with van der Waals surface area (Å²) >= 11 is 7.32. The predicted octanol–water partition coefficient (Wildman–Crippen LogP) is 5.51. The number of fused-ring (bicyclic) bond motifs is 1. The van der Waals surface area contributed by atoms with E-state index in [0.717, 1.165) is 21.6 Å². The van der Waals surface area contributed by atoms with Crippen LogP contribution in [0.5, 0.6) is 0 Å². The highest BCUT2D eigenvalue weighted by Crippen LogP contribution is 2.31. The maximum atomic E-state index is 13.0. The standard InChI is InChI=1S/C25H21ClN6O3S2/c1-14-12-15(2)28-25(27-14)31-37(34,35)20-10-6-18(7-11-20)29-23(33)22-13-21-16(3)30-32(24(21)36-22)19-8-4-17(26)5-9-19/h4-13H,1-3H3,(H,29,33)(H,27,28,31). The maximum absolute atomic E-state index is 13.0. The van der Waals surface area contributed by atoms with Crippen LogP contribution in [0.3, 0.4) is 0 Å². The average Bonchev–Trinajstić information content (AvgIpc) is 3.40. The summed E-state index contributed by atoms with van der Waals surface area (Å²) in [7, 11) is -3.90. The number of sulfonamides is 1. The Morgan fingerprint density at radius 3 is 2.24 bits per heavy atom. The molecule has 0 aliphatic rings. The Kier molecular flexibility index (Phi) is 6.44. The summed E-state index contributed by atoms with van der Waals surface area (Å²) in [6.45, 7) is 5.41. The number of amides is 1. The molecule has 0 radical (unpaired) electrons. The van der Waals surface area contributed by atoms with Crippen LogP contribution in [0.15, 0.2) is 65.6 Å². The topological polar surface area (TPSA) is 119 Å². The molecule has 2 N–H and O–H groups in total. The van der Waals surface area contributed by atoms with E-state index in [-0.39, 0.29) is 16.8 Å². The normalized spacial score (nSPS) is 11.6. The molecular formula is C25H21ClN6O3S2. The third kappa shape index (κ3) is 5.19. The summed E-state index contributed by atoms with van der Waals surface area (Å²) in [6.07, 6.45) is 0. The van der Waals surface area contributed by atoms with E-state index >= 15 is 0 Å². The molecule has 0 aliphatic carbocycles. The molecule has 0 saturated heterocycles. The number of carbonyl (C=O) groups is 1. The minimum absolute atomic E-state index is 0.00657. The SMILES string of the molecule is Cc1cc(C)nc(NS(=O)(=O)c2ccc(NC(=O)c3cc4c(C)nn(-c5ccc(Cl)cc5)c4s3)cc2)n1. The van der Waals surface area contributed by atoms with Crippen LogP contribution in [0.2, 0.25) is 5.02 Å². The van der Waals surface area contributed by atoms with Gasteiger partial charge < -0.3 is 5.32 Å². The zero-order chi connectivity index (χ0) is 26.3. The fourth-order valence-corrected chi connectivity index (χ4v) is 5.93. The van der Waals surface area contributed by atoms with E-state index in [4.69, 9.17) is 11.6 Å². The van der Waals surface area contributed by atoms with Crippen LogP contribution < -0.4 is 10.0 Å². The van der Waals surface area contributed by atoms with Gasteiger partial charge in [-0.1, -0.05) is 11.6 Å². The van der Waals surface area contributed by atoms with Crippen LogP contribution >= 0.6 is 22.9 Å². The van der Waals surface area contributed by atoms with E-state index in [1.165, 1.54) is 35.6 Å². The van der Waals surface area contributed by atoms with Crippen LogP contribution in [0.25, 0.3) is 15.9 Å². The fraction of sp³-hybridized carbons (Fsp3) is 0.120. The van der Waals surface area contributed by atoms with Gasteiger partial charge in [0, 0.05) is 27.5 Å². The molecule has 12 heteroatoms. The Hall–Kier alpha value is -3.80. The third-order valence-corrected chi connectivity index (χ3v) is 8.18. The number of hydrogen-bond acceptors (Lipinski definition) is 7. The summed E-state index contributed by atoms with van der Waals surface area (Å²) in [5.41, 5.74) is 3.41. The Balaban J connectivity index is 1.34. The number of rotatable bonds is 6. The predicted molar refractivity (Wildman–Crippen MR) is 145 cm³/mol. The largest absolute Gasteiger partial charge is 0.321 e. The average molecular weight is 553 g/mol. The first-order valence-corrected chi connectivity index (χ1v) is 13.8. The van der Waals surface area contributed by atoms with E-state index in [2.05, 4.69) is 25.1 Å². The molecule has 9 nitrogen and oxygen atoms in total. The molecule has 0 aliphatic heterocycles. The molecule has 0 spiro atoms. The lowest BCUT2D eigenvalue weighted by atomic mass is 10.3. The smallest absolute Gasteiger partial charge is 0.265 e. The van der Waals surface area contributed by atoms with Gasteiger partial charge in [0.05, 0.1) is 21.2 Å². The number of anilines is 2. The summed E-state index contributed by atoms with van der Waals surface area (Å²) in [5.74, 6) is -0.298.